The van der Waals surface area contributed by atoms with Gasteiger partial charge in [0.25, 0.3) is 0 Å². The van der Waals surface area contributed by atoms with Gasteiger partial charge in [0.2, 0.25) is 5.95 Å². The molecule has 0 bridgehead atoms. The predicted octanol–water partition coefficient (Wildman–Crippen LogP) is 1.51. The Balaban J connectivity index is 1.78. The fourth-order valence-corrected chi connectivity index (χ4v) is 2.77. The van der Waals surface area contributed by atoms with Crippen LogP contribution in [0.5, 0.6) is 0 Å². The zero-order chi connectivity index (χ0) is 15.0. The Morgan fingerprint density at radius 1 is 1.33 bits per heavy atom. The molecule has 1 aliphatic rings. The first-order chi connectivity index (χ1) is 10.0. The van der Waals surface area contributed by atoms with E-state index in [0.717, 1.165) is 42.5 Å². The number of nitrogens with two attached hydrogens (primary N) is 1. The largest absolute Gasteiger partial charge is 0.368 e. The van der Waals surface area contributed by atoms with Crippen LogP contribution in [0.25, 0.3) is 0 Å². The molecule has 0 saturated carbocycles. The molecule has 7 heteroatoms. The molecule has 1 aliphatic heterocycles. The third-order valence-electron chi connectivity index (χ3n) is 3.72. The van der Waals surface area contributed by atoms with Gasteiger partial charge in [-0.1, -0.05) is 13.8 Å². The van der Waals surface area contributed by atoms with Crippen LogP contribution >= 0.6 is 0 Å². The molecule has 0 radical (unpaired) electrons. The molecule has 0 aromatic carbocycles. The Morgan fingerprint density at radius 2 is 2.14 bits per heavy atom. The molecule has 3 rings (SSSR count). The Hall–Kier alpha value is -2.18. The van der Waals surface area contributed by atoms with Gasteiger partial charge in [0.15, 0.2) is 0 Å². The van der Waals surface area contributed by atoms with E-state index in [1.807, 2.05) is 13.0 Å². The number of aromatic nitrogens is 5. The quantitative estimate of drug-likeness (QED) is 0.888. The van der Waals surface area contributed by atoms with Gasteiger partial charge in [-0.2, -0.15) is 4.98 Å². The van der Waals surface area contributed by atoms with Crippen molar-refractivity contribution in [2.45, 2.75) is 52.1 Å². The van der Waals surface area contributed by atoms with Crippen molar-refractivity contribution in [2.24, 2.45) is 0 Å². The summed E-state index contributed by atoms with van der Waals surface area (Å²) >= 11 is 0. The van der Waals surface area contributed by atoms with Gasteiger partial charge in [0, 0.05) is 36.7 Å². The minimum Gasteiger partial charge on any atom is -0.368 e. The second kappa shape index (κ2) is 5.31. The number of nitrogens with one attached hydrogen (secondary N) is 1. The number of nitrogens with zero attached hydrogens (tertiary/aromatic N) is 5. The van der Waals surface area contributed by atoms with Crippen LogP contribution in [-0.2, 0) is 13.0 Å². The first-order valence-electron chi connectivity index (χ1n) is 7.32. The molecule has 21 heavy (non-hydrogen) atoms. The molecule has 0 spiro atoms. The molecule has 112 valence electrons. The fourth-order valence-electron chi connectivity index (χ4n) is 2.77. The minimum absolute atomic E-state index is 0.305. The van der Waals surface area contributed by atoms with E-state index in [9.17, 15) is 0 Å². The van der Waals surface area contributed by atoms with Gasteiger partial charge in [0.05, 0.1) is 0 Å². The molecular formula is C14H21N7. The zero-order valence-corrected chi connectivity index (χ0v) is 12.7. The van der Waals surface area contributed by atoms with Crippen molar-refractivity contribution in [1.82, 2.24) is 24.7 Å². The van der Waals surface area contributed by atoms with Gasteiger partial charge in [-0.25, -0.2) is 4.98 Å². The summed E-state index contributed by atoms with van der Waals surface area (Å²) in [6.45, 7) is 7.06. The van der Waals surface area contributed by atoms with Crippen LogP contribution in [0.4, 0.5) is 11.8 Å². The van der Waals surface area contributed by atoms with Crippen LogP contribution in [0.15, 0.2) is 6.07 Å². The van der Waals surface area contributed by atoms with E-state index < -0.39 is 0 Å². The van der Waals surface area contributed by atoms with E-state index in [-0.39, 0.29) is 0 Å². The highest BCUT2D eigenvalue weighted by Gasteiger charge is 2.24. The van der Waals surface area contributed by atoms with Crippen LogP contribution in [0, 0.1) is 6.92 Å². The van der Waals surface area contributed by atoms with E-state index in [4.69, 9.17) is 5.73 Å². The van der Waals surface area contributed by atoms with E-state index in [1.54, 1.807) is 0 Å². The SMILES string of the molecule is Cc1cc(N[C@H]2CCc3nnc(C(C)C)n3C2)nc(N)n1. The van der Waals surface area contributed by atoms with Crippen molar-refractivity contribution in [2.75, 3.05) is 11.1 Å². The standard InChI is InChI=1S/C14H21N7/c1-8(2)13-20-19-12-5-4-10(7-21(12)13)17-11-6-9(3)16-14(15)18-11/h6,8,10H,4-5,7H2,1-3H3,(H3,15,16,17,18)/t10-/m0/s1. The number of rotatable bonds is 3. The average molecular weight is 287 g/mol. The Labute approximate surface area is 124 Å². The van der Waals surface area contributed by atoms with E-state index in [0.29, 0.717) is 17.9 Å². The van der Waals surface area contributed by atoms with E-state index in [2.05, 4.69) is 43.9 Å². The van der Waals surface area contributed by atoms with Crippen molar-refractivity contribution < 1.29 is 0 Å². The van der Waals surface area contributed by atoms with Gasteiger partial charge >= 0.3 is 0 Å². The summed E-state index contributed by atoms with van der Waals surface area (Å²) < 4.78 is 2.23. The van der Waals surface area contributed by atoms with E-state index in [1.165, 1.54) is 0 Å². The van der Waals surface area contributed by atoms with Gasteiger partial charge < -0.3 is 15.6 Å². The van der Waals surface area contributed by atoms with Gasteiger partial charge in [-0.05, 0) is 13.3 Å². The normalized spacial score (nSPS) is 17.8. The summed E-state index contributed by atoms with van der Waals surface area (Å²) in [5.41, 5.74) is 6.57. The van der Waals surface area contributed by atoms with Crippen molar-refractivity contribution >= 4 is 11.8 Å². The summed E-state index contributed by atoms with van der Waals surface area (Å²) in [7, 11) is 0. The first kappa shape index (κ1) is 13.8. The van der Waals surface area contributed by atoms with E-state index >= 15 is 0 Å². The second-order valence-corrected chi connectivity index (χ2v) is 5.87. The number of fused-ring (bicyclic) bond motifs is 1. The molecule has 2 aromatic heterocycles. The van der Waals surface area contributed by atoms with Gasteiger partial charge in [-0.15, -0.1) is 10.2 Å². The molecule has 3 N–H and O–H groups in total. The number of anilines is 2. The van der Waals surface area contributed by atoms with Crippen molar-refractivity contribution in [3.8, 4) is 0 Å². The molecule has 0 fully saturated rings. The van der Waals surface area contributed by atoms with Crippen LogP contribution in [-0.4, -0.2) is 30.8 Å². The van der Waals surface area contributed by atoms with Crippen molar-refractivity contribution in [3.63, 3.8) is 0 Å². The van der Waals surface area contributed by atoms with Gasteiger partial charge in [-0.3, -0.25) is 0 Å². The Morgan fingerprint density at radius 3 is 2.86 bits per heavy atom. The number of aryl methyl sites for hydroxylation is 2. The lowest BCUT2D eigenvalue weighted by atomic mass is 10.1. The number of nitrogen functional groups attached to an aromatic ring is 1. The maximum absolute atomic E-state index is 5.70. The minimum atomic E-state index is 0.305. The van der Waals surface area contributed by atoms with Gasteiger partial charge in [0.1, 0.15) is 17.5 Å². The summed E-state index contributed by atoms with van der Waals surface area (Å²) in [6, 6.07) is 2.22. The molecule has 7 nitrogen and oxygen atoms in total. The average Bonchev–Trinajstić information content (AvgIpc) is 2.80. The molecule has 2 aromatic rings. The smallest absolute Gasteiger partial charge is 0.222 e. The molecule has 0 amide bonds. The zero-order valence-electron chi connectivity index (χ0n) is 12.7. The molecule has 3 heterocycles. The topological polar surface area (TPSA) is 94.5 Å². The van der Waals surface area contributed by atoms with Crippen LogP contribution in [0.3, 0.4) is 0 Å². The second-order valence-electron chi connectivity index (χ2n) is 5.87. The number of hydrogen-bond acceptors (Lipinski definition) is 6. The third kappa shape index (κ3) is 2.81. The summed E-state index contributed by atoms with van der Waals surface area (Å²) in [5.74, 6) is 3.60. The van der Waals surface area contributed by atoms with Crippen LogP contribution < -0.4 is 11.1 Å². The molecule has 0 aliphatic carbocycles. The summed E-state index contributed by atoms with van der Waals surface area (Å²) in [6.07, 6.45) is 1.94. The predicted molar refractivity (Wildman–Crippen MR) is 81.0 cm³/mol. The molecule has 0 saturated heterocycles. The van der Waals surface area contributed by atoms with Crippen molar-refractivity contribution in [3.05, 3.63) is 23.4 Å². The number of hydrogen-bond donors (Lipinski definition) is 2. The lowest BCUT2D eigenvalue weighted by Crippen LogP contribution is -2.32. The molecule has 0 unspecified atom stereocenters. The highest BCUT2D eigenvalue weighted by atomic mass is 15.3. The first-order valence-corrected chi connectivity index (χ1v) is 7.32. The summed E-state index contributed by atoms with van der Waals surface area (Å²) in [5, 5.41) is 12.0. The lowest BCUT2D eigenvalue weighted by molar-refractivity contribution is 0.458. The van der Waals surface area contributed by atoms with Crippen LogP contribution in [0.2, 0.25) is 0 Å². The van der Waals surface area contributed by atoms with Crippen LogP contribution in [0.1, 0.15) is 43.5 Å². The third-order valence-corrected chi connectivity index (χ3v) is 3.72. The highest BCUT2D eigenvalue weighted by molar-refractivity contribution is 5.41. The maximum Gasteiger partial charge on any atom is 0.222 e. The van der Waals surface area contributed by atoms with Crippen molar-refractivity contribution in [1.29, 1.82) is 0 Å². The maximum atomic E-state index is 5.70. The Kier molecular flexibility index (Phi) is 3.48. The Bertz CT molecular complexity index is 627. The molecular weight excluding hydrogens is 266 g/mol. The molecule has 1 atom stereocenters. The lowest BCUT2D eigenvalue weighted by Gasteiger charge is -2.26. The summed E-state index contributed by atoms with van der Waals surface area (Å²) in [4.78, 5) is 8.34. The monoisotopic (exact) mass is 287 g/mol. The fraction of sp³-hybridized carbons (Fsp3) is 0.571. The highest BCUT2D eigenvalue weighted by Crippen LogP contribution is 2.22.